The second-order valence-electron chi connectivity index (χ2n) is 4.17. The molecule has 18 heavy (non-hydrogen) atoms. The van der Waals surface area contributed by atoms with Gasteiger partial charge in [-0.1, -0.05) is 41.7 Å². The summed E-state index contributed by atoms with van der Waals surface area (Å²) in [6.07, 6.45) is 1.83. The fourth-order valence-electron chi connectivity index (χ4n) is 1.87. The molecule has 0 aliphatic carbocycles. The Labute approximate surface area is 118 Å². The second kappa shape index (κ2) is 7.52. The first kappa shape index (κ1) is 15.2. The zero-order chi connectivity index (χ0) is 12.1. The van der Waals surface area contributed by atoms with E-state index in [1.54, 1.807) is 11.3 Å². The highest BCUT2D eigenvalue weighted by atomic mass is 35.5. The summed E-state index contributed by atoms with van der Waals surface area (Å²) in [5.41, 5.74) is 4.83. The summed E-state index contributed by atoms with van der Waals surface area (Å²) in [6, 6.07) is 10.5. The van der Waals surface area contributed by atoms with Crippen molar-refractivity contribution in [1.29, 1.82) is 0 Å². The van der Waals surface area contributed by atoms with Crippen molar-refractivity contribution in [2.24, 2.45) is 0 Å². The molecular formula is C14H18ClNOS. The number of aliphatic hydroxyl groups is 1. The van der Waals surface area contributed by atoms with Crippen LogP contribution in [0.25, 0.3) is 0 Å². The number of nitrogens with zero attached hydrogens (tertiary/aromatic N) is 1. The third kappa shape index (κ3) is 3.80. The number of halogens is 1. The summed E-state index contributed by atoms with van der Waals surface area (Å²) >= 11 is 1.79. The van der Waals surface area contributed by atoms with Crippen LogP contribution in [0.2, 0.25) is 0 Å². The predicted octanol–water partition coefficient (Wildman–Crippen LogP) is -0.679. The highest BCUT2D eigenvalue weighted by Gasteiger charge is 2.14. The van der Waals surface area contributed by atoms with E-state index in [2.05, 4.69) is 41.3 Å². The Hall–Kier alpha value is -0.900. The van der Waals surface area contributed by atoms with Crippen molar-refractivity contribution in [2.75, 3.05) is 6.61 Å². The largest absolute Gasteiger partial charge is 1.00 e. The maximum Gasteiger partial charge on any atom is 0.225 e. The molecule has 0 bridgehead atoms. The Morgan fingerprint density at radius 3 is 2.61 bits per heavy atom. The topological polar surface area (TPSA) is 24.1 Å². The van der Waals surface area contributed by atoms with Crippen LogP contribution >= 0.6 is 11.3 Å². The van der Waals surface area contributed by atoms with Gasteiger partial charge in [0, 0.05) is 19.1 Å². The van der Waals surface area contributed by atoms with E-state index in [1.165, 1.54) is 16.1 Å². The molecule has 0 saturated carbocycles. The van der Waals surface area contributed by atoms with Gasteiger partial charge in [-0.2, -0.15) is 4.57 Å². The van der Waals surface area contributed by atoms with Crippen molar-refractivity contribution < 1.29 is 22.1 Å². The zero-order valence-corrected chi connectivity index (χ0v) is 12.0. The van der Waals surface area contributed by atoms with Crippen molar-refractivity contribution in [3.05, 3.63) is 52.0 Å². The van der Waals surface area contributed by atoms with Gasteiger partial charge in [0.15, 0.2) is 12.2 Å². The fraction of sp³-hybridized carbons (Fsp3) is 0.357. The smallest absolute Gasteiger partial charge is 0.225 e. The summed E-state index contributed by atoms with van der Waals surface area (Å²) in [5, 5.41) is 8.86. The number of hydrogen-bond donors (Lipinski definition) is 1. The summed E-state index contributed by atoms with van der Waals surface area (Å²) in [6.45, 7) is 3.37. The molecule has 1 aromatic carbocycles. The average molecular weight is 284 g/mol. The molecule has 1 N–H and O–H groups in total. The third-order valence-electron chi connectivity index (χ3n) is 2.91. The zero-order valence-electron chi connectivity index (χ0n) is 10.5. The van der Waals surface area contributed by atoms with E-state index in [0.29, 0.717) is 0 Å². The Bertz CT molecular complexity index is 470. The molecular weight excluding hydrogens is 266 g/mol. The average Bonchev–Trinajstić information content (AvgIpc) is 2.70. The molecule has 2 rings (SSSR count). The lowest BCUT2D eigenvalue weighted by molar-refractivity contribution is -0.689. The number of aryl methyl sites for hydroxylation is 1. The molecule has 0 aliphatic rings. The van der Waals surface area contributed by atoms with Gasteiger partial charge >= 0.3 is 0 Å². The van der Waals surface area contributed by atoms with E-state index in [-0.39, 0.29) is 19.0 Å². The van der Waals surface area contributed by atoms with Crippen molar-refractivity contribution in [2.45, 2.75) is 26.3 Å². The quantitative estimate of drug-likeness (QED) is 0.723. The number of rotatable bonds is 5. The van der Waals surface area contributed by atoms with Crippen LogP contribution in [0.5, 0.6) is 0 Å². The van der Waals surface area contributed by atoms with Gasteiger partial charge in [-0.3, -0.25) is 0 Å². The molecule has 0 fully saturated rings. The van der Waals surface area contributed by atoms with Crippen LogP contribution in [-0.2, 0) is 13.0 Å². The van der Waals surface area contributed by atoms with Gasteiger partial charge < -0.3 is 17.5 Å². The van der Waals surface area contributed by atoms with E-state index in [1.807, 2.05) is 6.07 Å². The van der Waals surface area contributed by atoms with Crippen LogP contribution in [0.3, 0.4) is 0 Å². The number of aliphatic hydroxyl groups excluding tert-OH is 1. The summed E-state index contributed by atoms with van der Waals surface area (Å²) in [7, 11) is 0. The van der Waals surface area contributed by atoms with Gasteiger partial charge in [-0.15, -0.1) is 0 Å². The predicted molar refractivity (Wildman–Crippen MR) is 70.2 cm³/mol. The van der Waals surface area contributed by atoms with Gasteiger partial charge in [0.05, 0.1) is 4.88 Å². The van der Waals surface area contributed by atoms with Crippen LogP contribution < -0.4 is 17.0 Å². The van der Waals surface area contributed by atoms with Gasteiger partial charge in [-0.05, 0) is 12.8 Å². The van der Waals surface area contributed by atoms with Crippen LogP contribution in [0.4, 0.5) is 0 Å². The lowest BCUT2D eigenvalue weighted by atomic mass is 10.2. The van der Waals surface area contributed by atoms with E-state index < -0.39 is 0 Å². The summed E-state index contributed by atoms with van der Waals surface area (Å²) in [4.78, 5) is 1.38. The van der Waals surface area contributed by atoms with Crippen molar-refractivity contribution in [1.82, 2.24) is 0 Å². The minimum atomic E-state index is 0. The molecule has 0 unspecified atom stereocenters. The maximum absolute atomic E-state index is 8.86. The monoisotopic (exact) mass is 283 g/mol. The van der Waals surface area contributed by atoms with Crippen LogP contribution in [0.15, 0.2) is 35.8 Å². The number of benzene rings is 1. The Kier molecular flexibility index (Phi) is 6.33. The number of aromatic nitrogens is 1. The van der Waals surface area contributed by atoms with E-state index in [9.17, 15) is 0 Å². The molecule has 4 heteroatoms. The highest BCUT2D eigenvalue weighted by molar-refractivity contribution is 7.09. The van der Waals surface area contributed by atoms with Crippen molar-refractivity contribution >= 4 is 11.3 Å². The molecule has 2 aromatic rings. The Morgan fingerprint density at radius 1 is 1.22 bits per heavy atom. The molecule has 2 nitrogen and oxygen atoms in total. The minimum Gasteiger partial charge on any atom is -1.00 e. The van der Waals surface area contributed by atoms with Crippen LogP contribution in [0, 0.1) is 6.92 Å². The van der Waals surface area contributed by atoms with Crippen molar-refractivity contribution in [3.63, 3.8) is 0 Å². The fourth-order valence-corrected chi connectivity index (χ4v) is 2.90. The second-order valence-corrected chi connectivity index (χ2v) is 5.11. The van der Waals surface area contributed by atoms with Crippen LogP contribution in [0.1, 0.15) is 22.6 Å². The summed E-state index contributed by atoms with van der Waals surface area (Å²) in [5.74, 6) is 0. The normalized spacial score (nSPS) is 10.1. The molecule has 0 radical (unpaired) electrons. The number of hydrogen-bond acceptors (Lipinski definition) is 2. The first-order valence-corrected chi connectivity index (χ1v) is 6.80. The molecule has 1 heterocycles. The SMILES string of the molecule is Cc1c(CCCO)sc[n+]1Cc1ccccc1.[Cl-]. The van der Waals surface area contributed by atoms with Gasteiger partial charge in [0.1, 0.15) is 0 Å². The van der Waals surface area contributed by atoms with E-state index in [0.717, 1.165) is 19.4 Å². The van der Waals surface area contributed by atoms with Gasteiger partial charge in [-0.25, -0.2) is 0 Å². The molecule has 0 amide bonds. The Balaban J connectivity index is 0.00000162. The molecule has 0 aliphatic heterocycles. The lowest BCUT2D eigenvalue weighted by Crippen LogP contribution is -3.00. The molecule has 0 saturated heterocycles. The Morgan fingerprint density at radius 2 is 1.94 bits per heavy atom. The first-order chi connectivity index (χ1) is 8.31. The minimum absolute atomic E-state index is 0. The standard InChI is InChI=1S/C14H18NOS.ClH/c1-12-14(8-5-9-16)17-11-15(12)10-13-6-3-2-4-7-13;/h2-4,6-7,11,16H,5,8-10H2,1H3;1H/q+1;/p-1. The molecule has 98 valence electrons. The number of thiazole rings is 1. The first-order valence-electron chi connectivity index (χ1n) is 5.92. The van der Waals surface area contributed by atoms with E-state index in [4.69, 9.17) is 5.11 Å². The van der Waals surface area contributed by atoms with E-state index >= 15 is 0 Å². The van der Waals surface area contributed by atoms with Gasteiger partial charge in [0.2, 0.25) is 5.51 Å². The van der Waals surface area contributed by atoms with Crippen molar-refractivity contribution in [3.8, 4) is 0 Å². The molecule has 0 spiro atoms. The molecule has 0 atom stereocenters. The van der Waals surface area contributed by atoms with Crippen LogP contribution in [-0.4, -0.2) is 11.7 Å². The third-order valence-corrected chi connectivity index (χ3v) is 4.06. The van der Waals surface area contributed by atoms with Gasteiger partial charge in [0.25, 0.3) is 0 Å². The summed E-state index contributed by atoms with van der Waals surface area (Å²) < 4.78 is 2.28. The maximum atomic E-state index is 8.86. The lowest BCUT2D eigenvalue weighted by Gasteiger charge is -1.97. The highest BCUT2D eigenvalue weighted by Crippen LogP contribution is 2.13. The molecule has 1 aromatic heterocycles.